The van der Waals surface area contributed by atoms with Crippen molar-refractivity contribution in [1.82, 2.24) is 5.32 Å². The molecule has 0 heterocycles. The van der Waals surface area contributed by atoms with E-state index >= 15 is 0 Å². The second-order valence-electron chi connectivity index (χ2n) is 3.76. The highest BCUT2D eigenvalue weighted by Crippen LogP contribution is 2.23. The van der Waals surface area contributed by atoms with Gasteiger partial charge in [0.15, 0.2) is 0 Å². The largest absolute Gasteiger partial charge is 0.307 e. The second kappa shape index (κ2) is 5.75. The van der Waals surface area contributed by atoms with Crippen LogP contribution in [0.15, 0.2) is 24.8 Å². The Balaban J connectivity index is 3.08. The normalized spacial score (nSPS) is 12.5. The summed E-state index contributed by atoms with van der Waals surface area (Å²) in [5.41, 5.74) is 0.505. The lowest BCUT2D eigenvalue weighted by molar-refractivity contribution is 0.506. The first-order valence-corrected chi connectivity index (χ1v) is 5.42. The molecule has 1 nitrogen and oxygen atoms in total. The molecule has 3 heteroatoms. The lowest BCUT2D eigenvalue weighted by Gasteiger charge is -2.17. The van der Waals surface area contributed by atoms with E-state index in [1.807, 2.05) is 6.92 Å². The molecule has 0 fully saturated rings. The van der Waals surface area contributed by atoms with Crippen molar-refractivity contribution >= 4 is 0 Å². The van der Waals surface area contributed by atoms with Gasteiger partial charge in [-0.1, -0.05) is 19.1 Å². The lowest BCUT2D eigenvalue weighted by Crippen LogP contribution is -2.22. The molecule has 1 atom stereocenters. The zero-order valence-corrected chi connectivity index (χ0v) is 9.69. The van der Waals surface area contributed by atoms with Crippen molar-refractivity contribution in [3.8, 4) is 0 Å². The minimum absolute atomic E-state index is 0.0588. The summed E-state index contributed by atoms with van der Waals surface area (Å²) < 4.78 is 27.4. The van der Waals surface area contributed by atoms with Gasteiger partial charge in [0.25, 0.3) is 0 Å². The van der Waals surface area contributed by atoms with Crippen molar-refractivity contribution in [2.45, 2.75) is 26.3 Å². The van der Waals surface area contributed by atoms with E-state index in [0.29, 0.717) is 12.1 Å². The topological polar surface area (TPSA) is 12.0 Å². The van der Waals surface area contributed by atoms with Gasteiger partial charge in [-0.15, -0.1) is 6.58 Å². The maximum absolute atomic E-state index is 13.8. The zero-order chi connectivity index (χ0) is 12.1. The van der Waals surface area contributed by atoms with E-state index in [4.69, 9.17) is 0 Å². The summed E-state index contributed by atoms with van der Waals surface area (Å²) in [6.07, 6.45) is 2.43. The molecule has 0 radical (unpaired) electrons. The van der Waals surface area contributed by atoms with Crippen molar-refractivity contribution in [3.63, 3.8) is 0 Å². The van der Waals surface area contributed by atoms with E-state index < -0.39 is 17.7 Å². The van der Waals surface area contributed by atoms with Crippen molar-refractivity contribution in [2.75, 3.05) is 6.54 Å². The number of hydrogen-bond acceptors (Lipinski definition) is 1. The minimum Gasteiger partial charge on any atom is -0.307 e. The molecule has 0 bridgehead atoms. The van der Waals surface area contributed by atoms with Gasteiger partial charge in [0.05, 0.1) is 6.04 Å². The van der Waals surface area contributed by atoms with Crippen LogP contribution in [0.3, 0.4) is 0 Å². The van der Waals surface area contributed by atoms with Gasteiger partial charge in [0, 0.05) is 5.56 Å². The monoisotopic (exact) mass is 225 g/mol. The first-order chi connectivity index (χ1) is 7.61. The van der Waals surface area contributed by atoms with Crippen LogP contribution in [0.1, 0.15) is 30.5 Å². The SMILES string of the molecule is C=CC(NCCC)c1c(F)ccc(C)c1F. The van der Waals surface area contributed by atoms with Crippen LogP contribution in [0.25, 0.3) is 0 Å². The molecule has 88 valence electrons. The Kier molecular flexibility index (Phi) is 4.62. The summed E-state index contributed by atoms with van der Waals surface area (Å²) >= 11 is 0. The number of rotatable bonds is 5. The van der Waals surface area contributed by atoms with Crippen molar-refractivity contribution in [2.24, 2.45) is 0 Å². The van der Waals surface area contributed by atoms with Gasteiger partial charge in [-0.3, -0.25) is 0 Å². The molecule has 1 N–H and O–H groups in total. The van der Waals surface area contributed by atoms with E-state index in [9.17, 15) is 8.78 Å². The Bertz CT molecular complexity index is 374. The second-order valence-corrected chi connectivity index (χ2v) is 3.76. The Morgan fingerprint density at radius 1 is 1.44 bits per heavy atom. The molecule has 0 aliphatic rings. The predicted molar refractivity (Wildman–Crippen MR) is 62.3 cm³/mol. The average molecular weight is 225 g/mol. The number of halogens is 2. The third-order valence-corrected chi connectivity index (χ3v) is 2.48. The molecule has 0 amide bonds. The van der Waals surface area contributed by atoms with Crippen LogP contribution in [-0.2, 0) is 0 Å². The molecule has 0 aromatic heterocycles. The van der Waals surface area contributed by atoms with Gasteiger partial charge < -0.3 is 5.32 Å². The Hall–Kier alpha value is -1.22. The molecular weight excluding hydrogens is 208 g/mol. The molecule has 1 aromatic carbocycles. The molecule has 0 saturated heterocycles. The highest BCUT2D eigenvalue weighted by Gasteiger charge is 2.18. The number of hydrogen-bond donors (Lipinski definition) is 1. The summed E-state index contributed by atoms with van der Waals surface area (Å²) in [6, 6.07) is 2.26. The quantitative estimate of drug-likeness (QED) is 0.756. The minimum atomic E-state index is -0.531. The van der Waals surface area contributed by atoms with Gasteiger partial charge in [-0.25, -0.2) is 8.78 Å². The van der Waals surface area contributed by atoms with Gasteiger partial charge in [0.2, 0.25) is 0 Å². The van der Waals surface area contributed by atoms with Gasteiger partial charge in [-0.05, 0) is 31.5 Å². The van der Waals surface area contributed by atoms with Crippen LogP contribution in [0.4, 0.5) is 8.78 Å². The van der Waals surface area contributed by atoms with Crippen molar-refractivity contribution < 1.29 is 8.78 Å². The Morgan fingerprint density at radius 2 is 2.12 bits per heavy atom. The molecular formula is C13H17F2N. The van der Waals surface area contributed by atoms with Crippen molar-refractivity contribution in [3.05, 3.63) is 47.5 Å². The summed E-state index contributed by atoms with van der Waals surface area (Å²) in [5, 5.41) is 3.05. The van der Waals surface area contributed by atoms with E-state index in [1.165, 1.54) is 18.2 Å². The summed E-state index contributed by atoms with van der Waals surface area (Å²) in [4.78, 5) is 0. The van der Waals surface area contributed by atoms with E-state index in [-0.39, 0.29) is 5.56 Å². The maximum Gasteiger partial charge on any atom is 0.134 e. The molecule has 0 aliphatic carbocycles. The number of benzene rings is 1. The summed E-state index contributed by atoms with van der Waals surface area (Å²) in [5.74, 6) is -1.02. The average Bonchev–Trinajstić information content (AvgIpc) is 2.28. The fraction of sp³-hybridized carbons (Fsp3) is 0.385. The third-order valence-electron chi connectivity index (χ3n) is 2.48. The van der Waals surface area contributed by atoms with Crippen LogP contribution in [0.2, 0.25) is 0 Å². The van der Waals surface area contributed by atoms with E-state index in [1.54, 1.807) is 6.92 Å². The third kappa shape index (κ3) is 2.67. The molecule has 16 heavy (non-hydrogen) atoms. The van der Waals surface area contributed by atoms with Crippen LogP contribution >= 0.6 is 0 Å². The smallest absolute Gasteiger partial charge is 0.134 e. The molecule has 0 aliphatic heterocycles. The van der Waals surface area contributed by atoms with Gasteiger partial charge in [0.1, 0.15) is 11.6 Å². The highest BCUT2D eigenvalue weighted by atomic mass is 19.1. The zero-order valence-electron chi connectivity index (χ0n) is 9.69. The van der Waals surface area contributed by atoms with Crippen LogP contribution in [0.5, 0.6) is 0 Å². The fourth-order valence-electron chi connectivity index (χ4n) is 1.57. The summed E-state index contributed by atoms with van der Waals surface area (Å²) in [7, 11) is 0. The fourth-order valence-corrected chi connectivity index (χ4v) is 1.57. The lowest BCUT2D eigenvalue weighted by atomic mass is 10.0. The molecule has 1 unspecified atom stereocenters. The molecule has 1 aromatic rings. The van der Waals surface area contributed by atoms with Crippen LogP contribution in [-0.4, -0.2) is 6.54 Å². The number of aryl methyl sites for hydroxylation is 1. The molecule has 0 spiro atoms. The van der Waals surface area contributed by atoms with Gasteiger partial charge in [-0.2, -0.15) is 0 Å². The Labute approximate surface area is 95.2 Å². The van der Waals surface area contributed by atoms with E-state index in [2.05, 4.69) is 11.9 Å². The number of nitrogens with one attached hydrogen (secondary N) is 1. The molecule has 1 rings (SSSR count). The first-order valence-electron chi connectivity index (χ1n) is 5.42. The highest BCUT2D eigenvalue weighted by molar-refractivity contribution is 5.31. The van der Waals surface area contributed by atoms with Crippen LogP contribution < -0.4 is 5.32 Å². The van der Waals surface area contributed by atoms with Crippen LogP contribution in [0, 0.1) is 18.6 Å². The standard InChI is InChI=1S/C13H17F2N/c1-4-8-16-11(5-2)12-10(14)7-6-9(3)13(12)15/h5-7,11,16H,2,4,8H2,1,3H3. The van der Waals surface area contributed by atoms with Gasteiger partial charge >= 0.3 is 0 Å². The van der Waals surface area contributed by atoms with Crippen molar-refractivity contribution in [1.29, 1.82) is 0 Å². The first kappa shape index (κ1) is 12.8. The molecule has 0 saturated carbocycles. The predicted octanol–water partition coefficient (Wildman–Crippen LogP) is 3.50. The summed E-state index contributed by atoms with van der Waals surface area (Å²) in [6.45, 7) is 7.92. The Morgan fingerprint density at radius 3 is 2.69 bits per heavy atom. The maximum atomic E-state index is 13.8. The van der Waals surface area contributed by atoms with E-state index in [0.717, 1.165) is 6.42 Å².